The first-order valence-corrected chi connectivity index (χ1v) is 9.16. The van der Waals surface area contributed by atoms with Crippen molar-refractivity contribution in [2.45, 2.75) is 0 Å². The number of nitrogens with zero attached hydrogens (tertiary/aromatic N) is 2. The zero-order valence-corrected chi connectivity index (χ0v) is 17.0. The van der Waals surface area contributed by atoms with Crippen LogP contribution >= 0.6 is 0 Å². The molecule has 4 rings (SSSR count). The Morgan fingerprint density at radius 2 is 1.74 bits per heavy atom. The van der Waals surface area contributed by atoms with Gasteiger partial charge in [-0.25, -0.2) is 0 Å². The van der Waals surface area contributed by atoms with Gasteiger partial charge in [-0.15, -0.1) is 0 Å². The largest absolute Gasteiger partial charge is 0.493 e. The van der Waals surface area contributed by atoms with Gasteiger partial charge in [-0.1, -0.05) is 0 Å². The van der Waals surface area contributed by atoms with E-state index in [0.717, 1.165) is 0 Å². The summed E-state index contributed by atoms with van der Waals surface area (Å²) in [6.45, 7) is 0.114. The van der Waals surface area contributed by atoms with E-state index in [9.17, 15) is 9.59 Å². The van der Waals surface area contributed by atoms with E-state index in [1.54, 1.807) is 36.4 Å². The highest BCUT2D eigenvalue weighted by Gasteiger charge is 2.20. The highest BCUT2D eigenvalue weighted by Crippen LogP contribution is 2.34. The molecule has 1 N–H and O–H groups in total. The number of hydrogen-bond acceptors (Lipinski definition) is 8. The van der Waals surface area contributed by atoms with Crippen LogP contribution in [0.4, 0.5) is 5.69 Å². The molecule has 1 aliphatic rings. The Labute approximate surface area is 176 Å². The van der Waals surface area contributed by atoms with Crippen LogP contribution in [0.5, 0.6) is 28.9 Å². The van der Waals surface area contributed by atoms with Gasteiger partial charge in [0.05, 0.1) is 33.1 Å². The number of nitrogens with one attached hydrogen (secondary N) is 1. The maximum atomic E-state index is 12.8. The van der Waals surface area contributed by atoms with Gasteiger partial charge in [-0.05, 0) is 24.3 Å². The highest BCUT2D eigenvalue weighted by atomic mass is 16.7. The minimum Gasteiger partial charge on any atom is -0.493 e. The van der Waals surface area contributed by atoms with Crippen molar-refractivity contribution in [3.63, 3.8) is 0 Å². The second kappa shape index (κ2) is 8.27. The van der Waals surface area contributed by atoms with Crippen molar-refractivity contribution in [1.82, 2.24) is 9.78 Å². The zero-order valence-electron chi connectivity index (χ0n) is 17.0. The van der Waals surface area contributed by atoms with E-state index in [2.05, 4.69) is 10.4 Å². The van der Waals surface area contributed by atoms with Crippen molar-refractivity contribution in [3.05, 3.63) is 58.4 Å². The quantitative estimate of drug-likeness (QED) is 0.640. The van der Waals surface area contributed by atoms with Gasteiger partial charge in [0.1, 0.15) is 0 Å². The van der Waals surface area contributed by atoms with Crippen LogP contribution in [0, 0.1) is 0 Å². The summed E-state index contributed by atoms with van der Waals surface area (Å²) in [5.41, 5.74) is 0.0376. The van der Waals surface area contributed by atoms with Crippen LogP contribution in [0.15, 0.2) is 47.3 Å². The van der Waals surface area contributed by atoms with Gasteiger partial charge in [0.25, 0.3) is 5.91 Å². The third-order valence-corrected chi connectivity index (χ3v) is 4.56. The van der Waals surface area contributed by atoms with E-state index in [0.29, 0.717) is 34.4 Å². The van der Waals surface area contributed by atoms with E-state index >= 15 is 0 Å². The Hall–Kier alpha value is -4.21. The monoisotopic (exact) mass is 425 g/mol. The second-order valence-electron chi connectivity index (χ2n) is 6.37. The summed E-state index contributed by atoms with van der Waals surface area (Å²) < 4.78 is 27.7. The standard InChI is InChI=1S/C21H19N3O7/c1-27-15-7-5-13(9-17(15)28-2)24-19(29-3)10-14(25)20(23-24)21(26)22-12-4-6-16-18(8-12)31-11-30-16/h4-10H,11H2,1-3H3,(H,22,26). The van der Waals surface area contributed by atoms with Gasteiger partial charge in [0.15, 0.2) is 28.7 Å². The topological polar surface area (TPSA) is 110 Å². The van der Waals surface area contributed by atoms with E-state index in [4.69, 9.17) is 23.7 Å². The Morgan fingerprint density at radius 3 is 2.48 bits per heavy atom. The Balaban J connectivity index is 1.70. The van der Waals surface area contributed by atoms with Crippen LogP contribution in [0.25, 0.3) is 5.69 Å². The van der Waals surface area contributed by atoms with Gasteiger partial charge in [0.2, 0.25) is 18.1 Å². The van der Waals surface area contributed by atoms with E-state index in [1.807, 2.05) is 0 Å². The first-order chi connectivity index (χ1) is 15.0. The smallest absolute Gasteiger partial charge is 0.280 e. The second-order valence-corrected chi connectivity index (χ2v) is 6.37. The Bertz CT molecular complexity index is 1210. The molecule has 0 spiro atoms. The molecule has 3 aromatic rings. The Kier molecular flexibility index (Phi) is 5.35. The SMILES string of the molecule is COc1ccc(-n2nc(C(=O)Nc3ccc4c(c3)OCO4)c(=O)cc2OC)cc1OC. The summed E-state index contributed by atoms with van der Waals surface area (Å²) in [5.74, 6) is 1.53. The van der Waals surface area contributed by atoms with Crippen LogP contribution in [-0.4, -0.2) is 43.8 Å². The number of rotatable bonds is 6. The number of carbonyl (C=O) groups excluding carboxylic acids is 1. The van der Waals surface area contributed by atoms with Crippen molar-refractivity contribution < 1.29 is 28.5 Å². The van der Waals surface area contributed by atoms with Crippen molar-refractivity contribution in [1.29, 1.82) is 0 Å². The van der Waals surface area contributed by atoms with Crippen molar-refractivity contribution in [2.24, 2.45) is 0 Å². The third kappa shape index (κ3) is 3.82. The molecule has 160 valence electrons. The van der Waals surface area contributed by atoms with Crippen LogP contribution in [0.3, 0.4) is 0 Å². The number of hydrogen-bond donors (Lipinski definition) is 1. The average Bonchev–Trinajstić information content (AvgIpc) is 3.26. The highest BCUT2D eigenvalue weighted by molar-refractivity contribution is 6.02. The number of aromatic nitrogens is 2. The third-order valence-electron chi connectivity index (χ3n) is 4.56. The summed E-state index contributed by atoms with van der Waals surface area (Å²) in [4.78, 5) is 25.3. The lowest BCUT2D eigenvalue weighted by molar-refractivity contribution is 0.101. The molecular formula is C21H19N3O7. The number of carbonyl (C=O) groups is 1. The zero-order chi connectivity index (χ0) is 22.0. The number of ether oxygens (including phenoxy) is 5. The van der Waals surface area contributed by atoms with E-state index in [1.165, 1.54) is 32.1 Å². The van der Waals surface area contributed by atoms with E-state index in [-0.39, 0.29) is 18.4 Å². The lowest BCUT2D eigenvalue weighted by atomic mass is 10.2. The van der Waals surface area contributed by atoms with Gasteiger partial charge in [-0.2, -0.15) is 9.78 Å². The van der Waals surface area contributed by atoms with Crippen LogP contribution < -0.4 is 34.4 Å². The minimum absolute atomic E-state index is 0.114. The molecule has 0 saturated heterocycles. The van der Waals surface area contributed by atoms with Gasteiger partial charge >= 0.3 is 0 Å². The number of fused-ring (bicyclic) bond motifs is 1. The molecule has 0 fully saturated rings. The van der Waals surface area contributed by atoms with Crippen LogP contribution in [0.1, 0.15) is 10.5 Å². The summed E-state index contributed by atoms with van der Waals surface area (Å²) in [5, 5.41) is 6.88. The molecular weight excluding hydrogens is 406 g/mol. The lowest BCUT2D eigenvalue weighted by Crippen LogP contribution is -2.26. The molecule has 0 radical (unpaired) electrons. The molecule has 0 bridgehead atoms. The number of methoxy groups -OCH3 is 3. The molecule has 2 heterocycles. The normalized spacial score (nSPS) is 11.7. The summed E-state index contributed by atoms with van der Waals surface area (Å²) in [6, 6.07) is 11.1. The average molecular weight is 425 g/mol. The fourth-order valence-corrected chi connectivity index (χ4v) is 3.05. The fourth-order valence-electron chi connectivity index (χ4n) is 3.05. The summed E-state index contributed by atoms with van der Waals surface area (Å²) in [7, 11) is 4.43. The predicted molar refractivity (Wildman–Crippen MR) is 110 cm³/mol. The first-order valence-electron chi connectivity index (χ1n) is 9.16. The summed E-state index contributed by atoms with van der Waals surface area (Å²) in [6.07, 6.45) is 0. The first kappa shape index (κ1) is 20.1. The Morgan fingerprint density at radius 1 is 0.968 bits per heavy atom. The molecule has 31 heavy (non-hydrogen) atoms. The van der Waals surface area contributed by atoms with Gasteiger partial charge < -0.3 is 29.0 Å². The number of amides is 1. The molecule has 0 unspecified atom stereocenters. The molecule has 2 aromatic carbocycles. The van der Waals surface area contributed by atoms with Crippen molar-refractivity contribution in [2.75, 3.05) is 33.4 Å². The molecule has 1 aromatic heterocycles. The maximum Gasteiger partial charge on any atom is 0.280 e. The predicted octanol–water partition coefficient (Wildman–Crippen LogP) is 2.24. The van der Waals surface area contributed by atoms with Gasteiger partial charge in [-0.3, -0.25) is 9.59 Å². The molecule has 10 heteroatoms. The lowest BCUT2D eigenvalue weighted by Gasteiger charge is -2.14. The van der Waals surface area contributed by atoms with E-state index < -0.39 is 11.3 Å². The molecule has 1 aliphatic heterocycles. The number of anilines is 1. The fraction of sp³-hybridized carbons (Fsp3) is 0.190. The molecule has 0 saturated carbocycles. The molecule has 1 amide bonds. The van der Waals surface area contributed by atoms with Crippen molar-refractivity contribution in [3.8, 4) is 34.6 Å². The minimum atomic E-state index is -0.680. The summed E-state index contributed by atoms with van der Waals surface area (Å²) >= 11 is 0. The van der Waals surface area contributed by atoms with Crippen molar-refractivity contribution >= 4 is 11.6 Å². The number of benzene rings is 2. The van der Waals surface area contributed by atoms with Crippen LogP contribution in [-0.2, 0) is 0 Å². The van der Waals surface area contributed by atoms with Gasteiger partial charge in [0, 0.05) is 17.8 Å². The maximum absolute atomic E-state index is 12.8. The molecule has 10 nitrogen and oxygen atoms in total. The molecule has 0 aliphatic carbocycles. The van der Waals surface area contributed by atoms with Crippen LogP contribution in [0.2, 0.25) is 0 Å². The molecule has 0 atom stereocenters.